The molecule has 3 nitrogen and oxygen atoms in total. The Hall–Kier alpha value is -1.26. The number of nitrogens with zero attached hydrogens (tertiary/aromatic N) is 1. The molecule has 0 fully saturated rings. The van der Waals surface area contributed by atoms with Crippen molar-refractivity contribution in [3.63, 3.8) is 0 Å². The van der Waals surface area contributed by atoms with Crippen LogP contribution in [0.25, 0.3) is 10.0 Å². The number of allylic oxidation sites excluding steroid dienone is 4. The van der Waals surface area contributed by atoms with E-state index in [9.17, 15) is 9.90 Å². The second-order valence-electron chi connectivity index (χ2n) is 7.37. The second-order valence-corrected chi connectivity index (χ2v) is 17.3. The molecule has 0 spiro atoms. The van der Waals surface area contributed by atoms with Gasteiger partial charge in [-0.05, 0) is 0 Å². The van der Waals surface area contributed by atoms with E-state index in [2.05, 4.69) is 82.1 Å². The van der Waals surface area contributed by atoms with Crippen molar-refractivity contribution < 1.29 is 9.90 Å². The number of ketones is 1. The summed E-state index contributed by atoms with van der Waals surface area (Å²) < 4.78 is 3.75. The third kappa shape index (κ3) is 3.17. The monoisotopic (exact) mass is 699 g/mol. The van der Waals surface area contributed by atoms with E-state index in [1.807, 2.05) is 18.2 Å². The fraction of sp³-hybridized carbons (Fsp3) is 0.0435. The molecule has 1 unspecified atom stereocenters. The Kier molecular flexibility index (Phi) is 5.30. The van der Waals surface area contributed by atoms with Crippen molar-refractivity contribution in [3.8, 4) is 15.8 Å². The Bertz CT molecular complexity index is 1290. The molecule has 1 N–H and O–H groups in total. The molecule has 2 aliphatic rings. The Balaban J connectivity index is 1.92. The number of phenolic OH excluding ortho intramolecular Hbond substituents is 1. The summed E-state index contributed by atoms with van der Waals surface area (Å²) in [5.41, 5.74) is 2.68. The molecule has 0 bridgehead atoms. The number of hydrogen-bond donors (Lipinski definition) is 1. The number of carbonyl (C=O) groups excluding carboxylic acids is 1. The summed E-state index contributed by atoms with van der Waals surface area (Å²) in [7, 11) is -2.58. The van der Waals surface area contributed by atoms with E-state index in [0.717, 1.165) is 27.3 Å². The molecule has 0 saturated carbocycles. The molecule has 0 amide bonds. The van der Waals surface area contributed by atoms with Crippen LogP contribution in [0.4, 0.5) is 5.69 Å². The SMILES string of the molecule is C[Si]1(c2ccccc2)C2=CC(=O)C=CC2=Nc2ccc(O)c(-c3cc(I)c(I)[se]3)c21. The average molecular weight is 698 g/mol. The number of phenols is 1. The van der Waals surface area contributed by atoms with Gasteiger partial charge >= 0.3 is 210 Å². The molecular weight excluding hydrogens is 683 g/mol. The van der Waals surface area contributed by atoms with Crippen LogP contribution in [0.1, 0.15) is 0 Å². The van der Waals surface area contributed by atoms with E-state index in [1.54, 1.807) is 18.2 Å². The third-order valence-electron chi connectivity index (χ3n) is 5.65. The van der Waals surface area contributed by atoms with Crippen LogP contribution in [0.3, 0.4) is 0 Å². The molecule has 30 heavy (non-hydrogen) atoms. The predicted octanol–water partition coefficient (Wildman–Crippen LogP) is 4.21. The van der Waals surface area contributed by atoms with Crippen molar-refractivity contribution in [2.24, 2.45) is 4.99 Å². The van der Waals surface area contributed by atoms with E-state index in [1.165, 1.54) is 15.6 Å². The Labute approximate surface area is 208 Å². The van der Waals surface area contributed by atoms with E-state index in [4.69, 9.17) is 4.99 Å². The number of aliphatic imine (C=N–C) groups is 1. The van der Waals surface area contributed by atoms with Crippen LogP contribution in [0.5, 0.6) is 5.75 Å². The van der Waals surface area contributed by atoms with Gasteiger partial charge in [0.15, 0.2) is 0 Å². The molecule has 0 radical (unpaired) electrons. The van der Waals surface area contributed by atoms with Gasteiger partial charge in [-0.25, -0.2) is 0 Å². The number of carbonyl (C=O) groups is 1. The molecule has 1 atom stereocenters. The van der Waals surface area contributed by atoms with Crippen LogP contribution in [0.15, 0.2) is 76.9 Å². The molecule has 2 heterocycles. The second kappa shape index (κ2) is 7.70. The van der Waals surface area contributed by atoms with Crippen LogP contribution in [-0.2, 0) is 4.79 Å². The zero-order valence-corrected chi connectivity index (χ0v) is 22.8. The first-order chi connectivity index (χ1) is 14.4. The van der Waals surface area contributed by atoms with Crippen molar-refractivity contribution >= 4 is 95.3 Å². The van der Waals surface area contributed by atoms with E-state index in [-0.39, 0.29) is 20.3 Å². The molecule has 5 rings (SSSR count). The van der Waals surface area contributed by atoms with Gasteiger partial charge in [-0.1, -0.05) is 0 Å². The number of benzene rings is 2. The number of aromatic hydroxyl groups is 1. The van der Waals surface area contributed by atoms with Crippen LogP contribution in [0.2, 0.25) is 6.55 Å². The number of rotatable bonds is 2. The maximum atomic E-state index is 12.4. The van der Waals surface area contributed by atoms with Crippen molar-refractivity contribution in [2.75, 3.05) is 0 Å². The number of hydrogen-bond acceptors (Lipinski definition) is 3. The summed E-state index contributed by atoms with van der Waals surface area (Å²) in [5, 5.41) is 14.4. The molecule has 1 aliphatic carbocycles. The van der Waals surface area contributed by atoms with Gasteiger partial charge in [0.2, 0.25) is 0 Å². The number of fused-ring (bicyclic) bond motifs is 2. The summed E-state index contributed by atoms with van der Waals surface area (Å²) >= 11 is 4.92. The molecule has 3 aromatic rings. The van der Waals surface area contributed by atoms with Gasteiger partial charge < -0.3 is 0 Å². The third-order valence-corrected chi connectivity index (χ3v) is 16.5. The quantitative estimate of drug-likeness (QED) is 0.248. The van der Waals surface area contributed by atoms with Gasteiger partial charge in [0.25, 0.3) is 0 Å². The normalized spacial score (nSPS) is 19.8. The van der Waals surface area contributed by atoms with Crippen LogP contribution >= 0.6 is 45.2 Å². The van der Waals surface area contributed by atoms with Crippen LogP contribution < -0.4 is 10.4 Å². The molecule has 7 heteroatoms. The summed E-state index contributed by atoms with van der Waals surface area (Å²) in [4.78, 5) is 17.3. The minimum absolute atomic E-state index is 0.00109. The van der Waals surface area contributed by atoms with Gasteiger partial charge in [-0.3, -0.25) is 0 Å². The standard InChI is InChI=1S/C23H15I2NO2SeSi/c1-30(14-5-3-2-4-6-14)20-11-13(27)7-8-16(20)26-17-9-10-18(28)21(22(17)30)19-12-15(24)23(25)29-19/h2-12,28H,1H3. The Morgan fingerprint density at radius 2 is 1.83 bits per heavy atom. The maximum absolute atomic E-state index is 12.4. The van der Waals surface area contributed by atoms with Crippen molar-refractivity contribution in [1.82, 2.24) is 0 Å². The van der Waals surface area contributed by atoms with Crippen molar-refractivity contribution in [1.29, 1.82) is 0 Å². The van der Waals surface area contributed by atoms with E-state index < -0.39 is 8.07 Å². The molecule has 1 aromatic heterocycles. The summed E-state index contributed by atoms with van der Waals surface area (Å²) in [6, 6.07) is 16.3. The van der Waals surface area contributed by atoms with E-state index in [0.29, 0.717) is 5.75 Å². The van der Waals surface area contributed by atoms with Gasteiger partial charge in [0, 0.05) is 0 Å². The summed E-state index contributed by atoms with van der Waals surface area (Å²) in [6.07, 6.45) is 5.19. The van der Waals surface area contributed by atoms with Crippen LogP contribution in [-0.4, -0.2) is 39.2 Å². The van der Waals surface area contributed by atoms with Crippen LogP contribution in [0, 0.1) is 6.01 Å². The summed E-state index contributed by atoms with van der Waals surface area (Å²) in [5.74, 6) is 0.294. The first kappa shape index (κ1) is 20.6. The predicted molar refractivity (Wildman–Crippen MR) is 143 cm³/mol. The molecule has 148 valence electrons. The van der Waals surface area contributed by atoms with E-state index >= 15 is 0 Å². The molecule has 2 aromatic carbocycles. The zero-order valence-electron chi connectivity index (χ0n) is 15.8. The Morgan fingerprint density at radius 3 is 2.53 bits per heavy atom. The van der Waals surface area contributed by atoms with Gasteiger partial charge in [-0.15, -0.1) is 0 Å². The zero-order chi connectivity index (χ0) is 21.0. The first-order valence-electron chi connectivity index (χ1n) is 9.30. The average Bonchev–Trinajstić information content (AvgIpc) is 3.07. The molecule has 0 saturated heterocycles. The van der Waals surface area contributed by atoms with Crippen molar-refractivity contribution in [3.05, 3.63) is 78.0 Å². The summed E-state index contributed by atoms with van der Waals surface area (Å²) in [6.45, 7) is 2.28. The topological polar surface area (TPSA) is 49.7 Å². The van der Waals surface area contributed by atoms with Gasteiger partial charge in [0.05, 0.1) is 0 Å². The minimum atomic E-state index is -2.58. The number of halogens is 2. The fourth-order valence-corrected chi connectivity index (χ4v) is 13.2. The molecule has 1 aliphatic heterocycles. The molecular formula is C23H15I2NO2SeSi. The Morgan fingerprint density at radius 1 is 1.07 bits per heavy atom. The first-order valence-corrected chi connectivity index (χ1v) is 15.7. The van der Waals surface area contributed by atoms with Crippen molar-refractivity contribution in [2.45, 2.75) is 6.55 Å². The fourth-order valence-electron chi connectivity index (χ4n) is 4.25. The van der Waals surface area contributed by atoms with Gasteiger partial charge in [-0.2, -0.15) is 0 Å². The van der Waals surface area contributed by atoms with Gasteiger partial charge in [0.1, 0.15) is 0 Å².